The van der Waals surface area contributed by atoms with Crippen molar-refractivity contribution < 1.29 is 121 Å². The van der Waals surface area contributed by atoms with Crippen LogP contribution in [0.25, 0.3) is 90.1 Å². The summed E-state index contributed by atoms with van der Waals surface area (Å²) in [7, 11) is -5.74. The largest absolute Gasteiger partial charge is 0.305 e. The smallest absolute Gasteiger partial charge is 0.109 e. The summed E-state index contributed by atoms with van der Waals surface area (Å²) >= 11 is 0. The minimum absolute atomic E-state index is 0. The third-order valence-corrected chi connectivity index (χ3v) is 29.3. The minimum atomic E-state index is -0.969. The summed E-state index contributed by atoms with van der Waals surface area (Å²) in [6, 6.07) is 127. The first kappa shape index (κ1) is 114. The van der Waals surface area contributed by atoms with Crippen LogP contribution in [0.3, 0.4) is 0 Å². The van der Waals surface area contributed by atoms with Crippen LogP contribution in [-0.2, 0) is 121 Å². The average molecular weight is 2840 g/mol. The van der Waals surface area contributed by atoms with Crippen molar-refractivity contribution >= 4 is 75.4 Å². The maximum Gasteiger partial charge on any atom is 0.109 e. The summed E-state index contributed by atoms with van der Waals surface area (Å²) in [4.78, 5) is 34.7. The molecule has 0 bridgehead atoms. The summed E-state index contributed by atoms with van der Waals surface area (Å²) in [5.41, 5.74) is 16.5. The van der Waals surface area contributed by atoms with E-state index in [4.69, 9.17) is 0 Å². The quantitative estimate of drug-likeness (QED) is 0.0784. The maximum absolute atomic E-state index is 4.51. The van der Waals surface area contributed by atoms with Gasteiger partial charge in [-0.15, -0.1) is 263 Å². The van der Waals surface area contributed by atoms with Crippen LogP contribution in [0, 0.1) is 48.5 Å². The van der Waals surface area contributed by atoms with Crippen molar-refractivity contribution in [3.63, 3.8) is 0 Å². The third kappa shape index (κ3) is 39.2. The van der Waals surface area contributed by atoms with Gasteiger partial charge in [-0.25, -0.2) is 0 Å². The molecule has 20 heteroatoms. The first-order chi connectivity index (χ1) is 57.4. The fraction of sp³-hybridized carbons (Fsp3) is 0.170. The van der Waals surface area contributed by atoms with Gasteiger partial charge in [0, 0.05) is 249 Å². The Labute approximate surface area is 838 Å². The molecule has 8 nitrogen and oxygen atoms in total. The summed E-state index contributed by atoms with van der Waals surface area (Å²) < 4.78 is 0. The second kappa shape index (κ2) is 56.9. The summed E-state index contributed by atoms with van der Waals surface area (Å²) in [6.45, 7) is 41.7. The number of pyridine rings is 8. The van der Waals surface area contributed by atoms with E-state index in [2.05, 4.69) is 287 Å². The van der Waals surface area contributed by atoms with Gasteiger partial charge in [0.1, 0.15) is 5.30 Å². The third-order valence-electron chi connectivity index (χ3n) is 18.3. The van der Waals surface area contributed by atoms with E-state index in [1.165, 1.54) is 31.8 Å². The van der Waals surface area contributed by atoms with E-state index in [1.54, 1.807) is 12.4 Å². The molecular weight excluding hydrogens is 2720 g/mol. The maximum atomic E-state index is 4.51. The summed E-state index contributed by atoms with van der Waals surface area (Å²) in [5.74, 6) is 0. The molecule has 0 unspecified atom stereocenters. The van der Waals surface area contributed by atoms with Crippen molar-refractivity contribution in [1.82, 2.24) is 39.9 Å². The van der Waals surface area contributed by atoms with Gasteiger partial charge < -0.3 is 39.9 Å². The fourth-order valence-electron chi connectivity index (χ4n) is 11.3. The van der Waals surface area contributed by atoms with Crippen LogP contribution in [0.2, 0.25) is 0 Å². The number of hydrogen-bond donors (Lipinski definition) is 0. The zero-order valence-corrected chi connectivity index (χ0v) is 94.5. The monoisotopic (exact) mass is 2840 g/mol. The Kier molecular flexibility index (Phi) is 51.3. The Bertz CT molecular complexity index is 5020. The fourth-order valence-corrected chi connectivity index (χ4v) is 17.4. The van der Waals surface area contributed by atoms with E-state index >= 15 is 0 Å². The number of benzene rings is 8. The first-order valence-corrected chi connectivity index (χ1v) is 58.4. The van der Waals surface area contributed by atoms with E-state index in [-0.39, 0.29) is 121 Å². The topological polar surface area (TPSA) is 103 Å². The molecule has 16 rings (SSSR count). The van der Waals surface area contributed by atoms with E-state index in [1.807, 2.05) is 262 Å². The molecule has 8 heterocycles. The molecular formula is C106H112Ir6N8P6-2. The molecule has 0 N–H and O–H groups in total. The Morgan fingerprint density at radius 1 is 0.167 bits per heavy atom. The number of aromatic nitrogens is 8. The van der Waals surface area contributed by atoms with Crippen LogP contribution >= 0.6 is 43.6 Å². The molecule has 8 aromatic carbocycles. The van der Waals surface area contributed by atoms with E-state index in [9.17, 15) is 0 Å². The standard InChI is InChI=1S/6C14H16NP.2C11H8N.6Ir/c3*1-16(2,3)13-8-6-7-12(11-13)14-9-4-5-10-15-14;1-16(2,3)13-9-7-12(8-10-13)14-6-4-5-11-15-14;1-16(2,3)13-9-10-15-14(11-13)12-7-5-4-6-8-12;1-16(2,3)13-9-10-14(15-11-13)12-7-5-4-6-8-12;2*1-2-6-10(7-3-1)11-8-4-5-9-12-11;;;;;;/h3*4-6,8-11H,1-3H3;3*4-7,9-11H,1-3H3;2*1-6,8-9H;;;;;;/q;;;;;;2*-1;;;;;;. The molecule has 16 aromatic rings. The van der Waals surface area contributed by atoms with Gasteiger partial charge in [0.2, 0.25) is 0 Å². The minimum Gasteiger partial charge on any atom is -0.305 e. The number of rotatable bonds is 14. The SMILES string of the molecule is C[P+](C)(C)c1c[c-]c(-c2ccccn2)cc1.C[P+](C)(C)c1cc[c-]c(-c2ccccn2)c1.C[P+](C)(C)c1cc[c-]c(-c2ccccn2)c1.C[P+](C)(C)c1cc[c-]c(-c2ccccn2)c1.C[P+](C)(C)c1ccc(-c2[c-]cccc2)nc1.C[P+](C)(C)c1ccnc(-c2[c-]cccc2)c1.[Ir].[Ir].[Ir].[Ir].[Ir].[Ir].[c-]1ccccc1-c1ccccn1.[c-]1ccccc1-c1ccccn1. The molecule has 0 saturated carbocycles. The van der Waals surface area contributed by atoms with Crippen LogP contribution < -0.4 is 31.8 Å². The van der Waals surface area contributed by atoms with Crippen LogP contribution in [0.4, 0.5) is 0 Å². The molecule has 662 valence electrons. The molecule has 126 heavy (non-hydrogen) atoms. The first-order valence-electron chi connectivity index (χ1n) is 39.6. The van der Waals surface area contributed by atoms with Gasteiger partial charge in [-0.3, -0.25) is 0 Å². The molecule has 0 spiro atoms. The Hall–Kier alpha value is -6.56. The molecule has 8 aromatic heterocycles. The zero-order valence-electron chi connectivity index (χ0n) is 74.7. The van der Waals surface area contributed by atoms with Gasteiger partial charge in [-0.2, -0.15) is 0 Å². The van der Waals surface area contributed by atoms with Gasteiger partial charge >= 0.3 is 0 Å². The predicted octanol–water partition coefficient (Wildman–Crippen LogP) is 23.6. The molecule has 0 atom stereocenters. The van der Waals surface area contributed by atoms with E-state index in [0.717, 1.165) is 90.1 Å². The van der Waals surface area contributed by atoms with E-state index in [0.29, 0.717) is 0 Å². The molecule has 0 amide bonds. The van der Waals surface area contributed by atoms with Crippen LogP contribution in [0.5, 0.6) is 0 Å². The molecule has 0 fully saturated rings. The van der Waals surface area contributed by atoms with Gasteiger partial charge in [0.05, 0.1) is 111 Å². The van der Waals surface area contributed by atoms with Gasteiger partial charge in [-0.05, 0) is 100 Å². The zero-order chi connectivity index (χ0) is 86.0. The molecule has 6 radical (unpaired) electrons. The van der Waals surface area contributed by atoms with Crippen molar-refractivity contribution in [1.29, 1.82) is 0 Å². The van der Waals surface area contributed by atoms with Gasteiger partial charge in [0.15, 0.2) is 0 Å². The normalized spacial score (nSPS) is 10.6. The van der Waals surface area contributed by atoms with E-state index < -0.39 is 43.6 Å². The number of nitrogens with zero attached hydrogens (tertiary/aromatic N) is 8. The van der Waals surface area contributed by atoms with Gasteiger partial charge in [0.25, 0.3) is 0 Å². The van der Waals surface area contributed by atoms with Crippen molar-refractivity contribution in [2.45, 2.75) is 0 Å². The number of hydrogen-bond acceptors (Lipinski definition) is 8. The average Bonchev–Trinajstić information content (AvgIpc) is 0.850. The van der Waals surface area contributed by atoms with Crippen molar-refractivity contribution in [2.24, 2.45) is 0 Å². The van der Waals surface area contributed by atoms with Crippen molar-refractivity contribution in [3.05, 3.63) is 401 Å². The molecule has 0 saturated heterocycles. The van der Waals surface area contributed by atoms with Crippen molar-refractivity contribution in [3.8, 4) is 90.1 Å². The van der Waals surface area contributed by atoms with Crippen LogP contribution in [0.1, 0.15) is 0 Å². The molecule has 0 aliphatic carbocycles. The van der Waals surface area contributed by atoms with Crippen molar-refractivity contribution in [2.75, 3.05) is 120 Å². The molecule has 0 aliphatic rings. The van der Waals surface area contributed by atoms with Crippen LogP contribution in [0.15, 0.2) is 353 Å². The Morgan fingerprint density at radius 3 is 0.643 bits per heavy atom. The predicted molar refractivity (Wildman–Crippen MR) is 534 cm³/mol. The Morgan fingerprint density at radius 2 is 0.405 bits per heavy atom. The Balaban J connectivity index is 0.000000370. The van der Waals surface area contributed by atoms with Gasteiger partial charge in [-0.1, -0.05) is 78.9 Å². The second-order valence-electron chi connectivity index (χ2n) is 33.1. The summed E-state index contributed by atoms with van der Waals surface area (Å²) in [6.07, 6.45) is 14.8. The molecule has 0 aliphatic heterocycles. The summed E-state index contributed by atoms with van der Waals surface area (Å²) in [5, 5.41) is 8.46. The second-order valence-corrected chi connectivity index (χ2v) is 60.4. The van der Waals surface area contributed by atoms with Crippen LogP contribution in [-0.4, -0.2) is 160 Å².